The van der Waals surface area contributed by atoms with Gasteiger partial charge in [-0.1, -0.05) is 6.08 Å². The molecule has 1 unspecified atom stereocenters. The molecule has 0 amide bonds. The smallest absolute Gasteiger partial charge is 0.338 e. The Hall–Kier alpha value is -2.34. The Kier molecular flexibility index (Phi) is 3.17. The molecule has 0 radical (unpaired) electrons. The molecule has 21 heavy (non-hydrogen) atoms. The van der Waals surface area contributed by atoms with Crippen molar-refractivity contribution in [2.24, 2.45) is 0 Å². The van der Waals surface area contributed by atoms with Crippen LogP contribution >= 0.6 is 0 Å². The standard InChI is InChI=1S/C15H15NO5/c1-20-14(19)11-6-9-2-3-15(4-5-16-8-15)21-12(9)7-10(11)13(17)18/h2-3,6-7,16H,4-5,8H2,1H3,(H,17,18). The van der Waals surface area contributed by atoms with E-state index >= 15 is 0 Å². The quantitative estimate of drug-likeness (QED) is 0.799. The van der Waals surface area contributed by atoms with E-state index in [1.54, 1.807) is 0 Å². The molecule has 0 aliphatic carbocycles. The number of carbonyl (C=O) groups is 2. The number of esters is 1. The number of aromatic carboxylic acids is 1. The van der Waals surface area contributed by atoms with Gasteiger partial charge in [0.05, 0.1) is 18.2 Å². The fraction of sp³-hybridized carbons (Fsp3) is 0.333. The summed E-state index contributed by atoms with van der Waals surface area (Å²) >= 11 is 0. The van der Waals surface area contributed by atoms with Gasteiger partial charge in [0.15, 0.2) is 0 Å². The predicted molar refractivity (Wildman–Crippen MR) is 74.6 cm³/mol. The van der Waals surface area contributed by atoms with Gasteiger partial charge in [0.2, 0.25) is 0 Å². The molecule has 1 atom stereocenters. The molecule has 1 aromatic carbocycles. The van der Waals surface area contributed by atoms with Crippen LogP contribution in [0.25, 0.3) is 6.08 Å². The molecule has 1 spiro atoms. The van der Waals surface area contributed by atoms with E-state index in [1.807, 2.05) is 12.2 Å². The zero-order chi connectivity index (χ0) is 15.0. The monoisotopic (exact) mass is 289 g/mol. The highest BCUT2D eigenvalue weighted by atomic mass is 16.5. The first-order chi connectivity index (χ1) is 10.0. The molecule has 2 N–H and O–H groups in total. The maximum absolute atomic E-state index is 11.7. The van der Waals surface area contributed by atoms with Crippen molar-refractivity contribution in [3.05, 3.63) is 34.9 Å². The van der Waals surface area contributed by atoms with Gasteiger partial charge in [0, 0.05) is 18.5 Å². The lowest BCUT2D eigenvalue weighted by Crippen LogP contribution is -2.37. The number of fused-ring (bicyclic) bond motifs is 1. The number of rotatable bonds is 2. The Morgan fingerprint density at radius 1 is 1.38 bits per heavy atom. The molecule has 1 saturated heterocycles. The number of benzene rings is 1. The van der Waals surface area contributed by atoms with E-state index in [1.165, 1.54) is 19.2 Å². The van der Waals surface area contributed by atoms with Crippen LogP contribution in [-0.2, 0) is 4.74 Å². The van der Waals surface area contributed by atoms with E-state index in [0.717, 1.165) is 13.0 Å². The lowest BCUT2D eigenvalue weighted by Gasteiger charge is -2.31. The number of ether oxygens (including phenoxy) is 2. The van der Waals surface area contributed by atoms with Crippen LogP contribution in [0.15, 0.2) is 18.2 Å². The van der Waals surface area contributed by atoms with Gasteiger partial charge in [0.25, 0.3) is 0 Å². The highest BCUT2D eigenvalue weighted by Crippen LogP contribution is 2.36. The SMILES string of the molecule is COC(=O)c1cc2c(cc1C(=O)O)OC1(C=C2)CCNC1. The number of hydrogen-bond acceptors (Lipinski definition) is 5. The molecule has 2 aliphatic rings. The summed E-state index contributed by atoms with van der Waals surface area (Å²) < 4.78 is 10.6. The summed E-state index contributed by atoms with van der Waals surface area (Å²) in [4.78, 5) is 23.1. The summed E-state index contributed by atoms with van der Waals surface area (Å²) in [5.41, 5.74) is 0.169. The molecule has 2 heterocycles. The number of nitrogens with one attached hydrogen (secondary N) is 1. The van der Waals surface area contributed by atoms with E-state index < -0.39 is 17.5 Å². The normalized spacial score (nSPS) is 22.7. The fourth-order valence-corrected chi connectivity index (χ4v) is 2.68. The van der Waals surface area contributed by atoms with Gasteiger partial charge in [-0.15, -0.1) is 0 Å². The molecule has 0 saturated carbocycles. The number of carboxylic acid groups (broad SMARTS) is 1. The van der Waals surface area contributed by atoms with Crippen LogP contribution in [0.1, 0.15) is 32.7 Å². The van der Waals surface area contributed by atoms with Crippen LogP contribution in [-0.4, -0.2) is 42.8 Å². The van der Waals surface area contributed by atoms with E-state index in [-0.39, 0.29) is 11.1 Å². The predicted octanol–water partition coefficient (Wildman–Crippen LogP) is 1.31. The van der Waals surface area contributed by atoms with E-state index in [4.69, 9.17) is 4.74 Å². The zero-order valence-electron chi connectivity index (χ0n) is 11.5. The molecule has 0 bridgehead atoms. The van der Waals surface area contributed by atoms with Gasteiger partial charge in [-0.05, 0) is 24.8 Å². The van der Waals surface area contributed by atoms with E-state index in [2.05, 4.69) is 10.1 Å². The highest BCUT2D eigenvalue weighted by Gasteiger charge is 2.36. The van der Waals surface area contributed by atoms with Crippen LogP contribution in [0.3, 0.4) is 0 Å². The first-order valence-corrected chi connectivity index (χ1v) is 6.63. The van der Waals surface area contributed by atoms with Crippen molar-refractivity contribution in [1.82, 2.24) is 5.32 Å². The van der Waals surface area contributed by atoms with Gasteiger partial charge in [-0.25, -0.2) is 9.59 Å². The molecule has 110 valence electrons. The third kappa shape index (κ3) is 2.27. The average Bonchev–Trinajstić information content (AvgIpc) is 2.93. The highest BCUT2D eigenvalue weighted by molar-refractivity contribution is 6.03. The number of carboxylic acids is 1. The average molecular weight is 289 g/mol. The van der Waals surface area contributed by atoms with Gasteiger partial charge in [0.1, 0.15) is 11.4 Å². The first kappa shape index (κ1) is 13.6. The molecule has 6 heteroatoms. The third-order valence-electron chi connectivity index (χ3n) is 3.81. The Morgan fingerprint density at radius 2 is 2.19 bits per heavy atom. The van der Waals surface area contributed by atoms with Crippen molar-refractivity contribution in [2.75, 3.05) is 20.2 Å². The minimum atomic E-state index is -1.19. The Labute approximate surface area is 121 Å². The van der Waals surface area contributed by atoms with Crippen LogP contribution in [0.2, 0.25) is 0 Å². The topological polar surface area (TPSA) is 84.9 Å². The maximum atomic E-state index is 11.7. The summed E-state index contributed by atoms with van der Waals surface area (Å²) in [7, 11) is 1.22. The lowest BCUT2D eigenvalue weighted by molar-refractivity contribution is 0.0582. The van der Waals surface area contributed by atoms with E-state index in [0.29, 0.717) is 17.9 Å². The molecule has 1 aromatic rings. The second kappa shape index (κ2) is 4.89. The molecular formula is C15H15NO5. The Morgan fingerprint density at radius 3 is 2.81 bits per heavy atom. The van der Waals surface area contributed by atoms with E-state index in [9.17, 15) is 14.7 Å². The van der Waals surface area contributed by atoms with Crippen molar-refractivity contribution in [1.29, 1.82) is 0 Å². The second-order valence-electron chi connectivity index (χ2n) is 5.16. The van der Waals surface area contributed by atoms with Crippen molar-refractivity contribution in [2.45, 2.75) is 12.0 Å². The molecule has 2 aliphatic heterocycles. The summed E-state index contributed by atoms with van der Waals surface area (Å²) in [6, 6.07) is 2.89. The van der Waals surface area contributed by atoms with Crippen molar-refractivity contribution in [3.8, 4) is 5.75 Å². The van der Waals surface area contributed by atoms with Crippen LogP contribution in [0.4, 0.5) is 0 Å². The first-order valence-electron chi connectivity index (χ1n) is 6.63. The molecule has 3 rings (SSSR count). The van der Waals surface area contributed by atoms with Crippen molar-refractivity contribution >= 4 is 18.0 Å². The van der Waals surface area contributed by atoms with Gasteiger partial charge in [-0.3, -0.25) is 0 Å². The van der Waals surface area contributed by atoms with Crippen LogP contribution < -0.4 is 10.1 Å². The lowest BCUT2D eigenvalue weighted by atomic mass is 9.95. The maximum Gasteiger partial charge on any atom is 0.338 e. The summed E-state index contributed by atoms with van der Waals surface area (Å²) in [5, 5.41) is 12.5. The second-order valence-corrected chi connectivity index (χ2v) is 5.16. The van der Waals surface area contributed by atoms with Gasteiger partial charge < -0.3 is 19.9 Å². The summed E-state index contributed by atoms with van der Waals surface area (Å²) in [6.07, 6.45) is 4.64. The molecular weight excluding hydrogens is 274 g/mol. The number of carbonyl (C=O) groups excluding carboxylic acids is 1. The largest absolute Gasteiger partial charge is 0.481 e. The van der Waals surface area contributed by atoms with Crippen molar-refractivity contribution in [3.63, 3.8) is 0 Å². The Balaban J connectivity index is 2.07. The Bertz CT molecular complexity index is 644. The van der Waals surface area contributed by atoms with Gasteiger partial charge >= 0.3 is 11.9 Å². The molecule has 0 aromatic heterocycles. The van der Waals surface area contributed by atoms with Crippen LogP contribution in [0, 0.1) is 0 Å². The summed E-state index contributed by atoms with van der Waals surface area (Å²) in [5.74, 6) is -1.38. The summed E-state index contributed by atoms with van der Waals surface area (Å²) in [6.45, 7) is 1.54. The zero-order valence-corrected chi connectivity index (χ0v) is 11.5. The number of methoxy groups -OCH3 is 1. The minimum Gasteiger partial charge on any atom is -0.481 e. The number of hydrogen-bond donors (Lipinski definition) is 2. The fourth-order valence-electron chi connectivity index (χ4n) is 2.68. The molecule has 1 fully saturated rings. The minimum absolute atomic E-state index is 0.0255. The van der Waals surface area contributed by atoms with Crippen LogP contribution in [0.5, 0.6) is 5.75 Å². The van der Waals surface area contributed by atoms with Gasteiger partial charge in [-0.2, -0.15) is 0 Å². The third-order valence-corrected chi connectivity index (χ3v) is 3.81. The molecule has 6 nitrogen and oxygen atoms in total. The van der Waals surface area contributed by atoms with Crippen molar-refractivity contribution < 1.29 is 24.2 Å².